The molecule has 0 radical (unpaired) electrons. The van der Waals surface area contributed by atoms with E-state index in [0.29, 0.717) is 23.7 Å². The van der Waals surface area contributed by atoms with E-state index in [9.17, 15) is 8.42 Å². The number of fused-ring (bicyclic) bond motifs is 1. The fraction of sp³-hybridized carbons (Fsp3) is 0.357. The van der Waals surface area contributed by atoms with Gasteiger partial charge in [-0.05, 0) is 18.2 Å². The van der Waals surface area contributed by atoms with E-state index in [4.69, 9.17) is 16.3 Å². The summed E-state index contributed by atoms with van der Waals surface area (Å²) >= 11 is 9.39. The monoisotopic (exact) mass is 389 g/mol. The van der Waals surface area contributed by atoms with Crippen LogP contribution < -0.4 is 4.74 Å². The molecule has 1 aromatic carbocycles. The number of ether oxygens (including phenoxy) is 1. The number of hydrogen-bond donors (Lipinski definition) is 0. The summed E-state index contributed by atoms with van der Waals surface area (Å²) < 4.78 is 29.7. The zero-order valence-electron chi connectivity index (χ0n) is 11.2. The SMILES string of the molecule is CS(=O)(=O)C1CC(Oc2ccc(Br)c3cc(Cl)ncc23)C1. The molecule has 0 unspecified atom stereocenters. The molecule has 1 saturated carbocycles. The third-order valence-electron chi connectivity index (χ3n) is 3.73. The summed E-state index contributed by atoms with van der Waals surface area (Å²) in [6.07, 6.45) is 3.96. The van der Waals surface area contributed by atoms with Crippen LogP contribution in [0.5, 0.6) is 5.75 Å². The highest BCUT2D eigenvalue weighted by Gasteiger charge is 2.37. The van der Waals surface area contributed by atoms with Gasteiger partial charge in [0.15, 0.2) is 9.84 Å². The Kier molecular flexibility index (Phi) is 3.88. The minimum absolute atomic E-state index is 0.0650. The molecule has 2 aromatic rings. The molecule has 0 bridgehead atoms. The number of rotatable bonds is 3. The standard InChI is InChI=1S/C14H13BrClNO3S/c1-21(18,19)9-4-8(5-9)20-13-3-2-12(15)10-6-14(16)17-7-11(10)13/h2-3,6-9H,4-5H2,1H3. The molecule has 0 saturated heterocycles. The zero-order chi connectivity index (χ0) is 15.2. The summed E-state index contributed by atoms with van der Waals surface area (Å²) in [5.41, 5.74) is 0. The maximum atomic E-state index is 11.4. The Labute approximate surface area is 136 Å². The molecular formula is C14H13BrClNO3S. The lowest BCUT2D eigenvalue weighted by Crippen LogP contribution is -2.42. The van der Waals surface area contributed by atoms with E-state index in [0.717, 1.165) is 15.2 Å². The van der Waals surface area contributed by atoms with Gasteiger partial charge in [-0.25, -0.2) is 13.4 Å². The summed E-state index contributed by atoms with van der Waals surface area (Å²) in [5.74, 6) is 0.703. The molecular weight excluding hydrogens is 378 g/mol. The number of benzene rings is 1. The van der Waals surface area contributed by atoms with Gasteiger partial charge in [0.1, 0.15) is 17.0 Å². The van der Waals surface area contributed by atoms with E-state index in [2.05, 4.69) is 20.9 Å². The van der Waals surface area contributed by atoms with Crippen LogP contribution in [-0.2, 0) is 9.84 Å². The number of halogens is 2. The Morgan fingerprint density at radius 2 is 2.05 bits per heavy atom. The maximum absolute atomic E-state index is 11.4. The highest BCUT2D eigenvalue weighted by molar-refractivity contribution is 9.10. The predicted octanol–water partition coefficient (Wildman–Crippen LogP) is 3.61. The number of nitrogens with zero attached hydrogens (tertiary/aromatic N) is 1. The number of hydrogen-bond acceptors (Lipinski definition) is 4. The average Bonchev–Trinajstić information content (AvgIpc) is 2.34. The van der Waals surface area contributed by atoms with Crippen molar-refractivity contribution in [3.8, 4) is 5.75 Å². The van der Waals surface area contributed by atoms with Crippen LogP contribution in [0.15, 0.2) is 28.9 Å². The van der Waals surface area contributed by atoms with E-state index in [1.165, 1.54) is 6.26 Å². The van der Waals surface area contributed by atoms with Gasteiger partial charge in [-0.2, -0.15) is 0 Å². The first-order valence-electron chi connectivity index (χ1n) is 6.44. The summed E-state index contributed by atoms with van der Waals surface area (Å²) in [6, 6.07) is 5.52. The molecule has 0 atom stereocenters. The molecule has 1 fully saturated rings. The van der Waals surface area contributed by atoms with Crippen LogP contribution in [0.3, 0.4) is 0 Å². The van der Waals surface area contributed by atoms with Gasteiger partial charge < -0.3 is 4.74 Å². The van der Waals surface area contributed by atoms with Crippen molar-refractivity contribution in [2.45, 2.75) is 24.2 Å². The highest BCUT2D eigenvalue weighted by atomic mass is 79.9. The number of sulfone groups is 1. The first-order chi connectivity index (χ1) is 9.84. The van der Waals surface area contributed by atoms with Crippen LogP contribution >= 0.6 is 27.5 Å². The molecule has 1 aliphatic carbocycles. The largest absolute Gasteiger partial charge is 0.490 e. The fourth-order valence-corrected chi connectivity index (χ4v) is 4.14. The van der Waals surface area contributed by atoms with Crippen molar-refractivity contribution in [2.75, 3.05) is 6.26 Å². The van der Waals surface area contributed by atoms with Gasteiger partial charge >= 0.3 is 0 Å². The van der Waals surface area contributed by atoms with Gasteiger partial charge in [-0.1, -0.05) is 27.5 Å². The predicted molar refractivity (Wildman–Crippen MR) is 86.7 cm³/mol. The quantitative estimate of drug-likeness (QED) is 0.751. The molecule has 0 spiro atoms. The summed E-state index contributed by atoms with van der Waals surface area (Å²) in [6.45, 7) is 0. The molecule has 4 nitrogen and oxygen atoms in total. The first-order valence-corrected chi connectivity index (χ1v) is 9.56. The third kappa shape index (κ3) is 3.03. The molecule has 7 heteroatoms. The highest BCUT2D eigenvalue weighted by Crippen LogP contribution is 2.36. The lowest BCUT2D eigenvalue weighted by Gasteiger charge is -2.34. The van der Waals surface area contributed by atoms with Crippen molar-refractivity contribution in [2.24, 2.45) is 0 Å². The lowest BCUT2D eigenvalue weighted by atomic mass is 9.95. The Bertz CT molecular complexity index is 803. The Hall–Kier alpha value is -0.850. The molecule has 1 aromatic heterocycles. The molecule has 0 N–H and O–H groups in total. The van der Waals surface area contributed by atoms with E-state index >= 15 is 0 Å². The van der Waals surface area contributed by atoms with Crippen molar-refractivity contribution >= 4 is 48.1 Å². The van der Waals surface area contributed by atoms with Gasteiger partial charge in [-0.15, -0.1) is 0 Å². The minimum atomic E-state index is -2.96. The van der Waals surface area contributed by atoms with Crippen LogP contribution in [0.4, 0.5) is 0 Å². The van der Waals surface area contributed by atoms with E-state index in [1.54, 1.807) is 12.3 Å². The second kappa shape index (κ2) is 5.41. The van der Waals surface area contributed by atoms with Gasteiger partial charge in [0.2, 0.25) is 0 Å². The lowest BCUT2D eigenvalue weighted by molar-refractivity contribution is 0.125. The van der Waals surface area contributed by atoms with Crippen molar-refractivity contribution < 1.29 is 13.2 Å². The van der Waals surface area contributed by atoms with Crippen molar-refractivity contribution in [1.82, 2.24) is 4.98 Å². The van der Waals surface area contributed by atoms with E-state index < -0.39 is 9.84 Å². The molecule has 1 aliphatic rings. The molecule has 21 heavy (non-hydrogen) atoms. The summed E-state index contributed by atoms with van der Waals surface area (Å²) in [4.78, 5) is 4.08. The summed E-state index contributed by atoms with van der Waals surface area (Å²) in [5, 5.41) is 1.92. The Morgan fingerprint density at radius 1 is 1.33 bits per heavy atom. The first kappa shape index (κ1) is 15.1. The van der Waals surface area contributed by atoms with Crippen LogP contribution in [0.1, 0.15) is 12.8 Å². The molecule has 0 aliphatic heterocycles. The normalized spacial score (nSPS) is 22.0. The second-order valence-corrected chi connectivity index (χ2v) is 8.83. The second-order valence-electron chi connectivity index (χ2n) is 5.26. The zero-order valence-corrected chi connectivity index (χ0v) is 14.4. The van der Waals surface area contributed by atoms with E-state index in [1.807, 2.05) is 12.1 Å². The molecule has 1 heterocycles. The van der Waals surface area contributed by atoms with Crippen molar-refractivity contribution in [1.29, 1.82) is 0 Å². The molecule has 112 valence electrons. The number of aromatic nitrogens is 1. The van der Waals surface area contributed by atoms with Gasteiger partial charge in [0.05, 0.1) is 5.25 Å². The van der Waals surface area contributed by atoms with Gasteiger partial charge in [-0.3, -0.25) is 0 Å². The van der Waals surface area contributed by atoms with Crippen molar-refractivity contribution in [3.05, 3.63) is 34.0 Å². The molecule has 0 amide bonds. The van der Waals surface area contributed by atoms with Crippen LogP contribution in [0.2, 0.25) is 5.15 Å². The average molecular weight is 391 g/mol. The third-order valence-corrected chi connectivity index (χ3v) is 6.22. The number of pyridine rings is 1. The van der Waals surface area contributed by atoms with Gasteiger partial charge in [0.25, 0.3) is 0 Å². The van der Waals surface area contributed by atoms with Crippen molar-refractivity contribution in [3.63, 3.8) is 0 Å². The smallest absolute Gasteiger partial charge is 0.150 e. The minimum Gasteiger partial charge on any atom is -0.490 e. The fourth-order valence-electron chi connectivity index (χ4n) is 2.40. The van der Waals surface area contributed by atoms with Crippen LogP contribution in [0.25, 0.3) is 10.8 Å². The Morgan fingerprint density at radius 3 is 2.71 bits per heavy atom. The maximum Gasteiger partial charge on any atom is 0.150 e. The molecule has 3 rings (SSSR count). The summed E-state index contributed by atoms with van der Waals surface area (Å²) in [7, 11) is -2.96. The van der Waals surface area contributed by atoms with E-state index in [-0.39, 0.29) is 11.4 Å². The van der Waals surface area contributed by atoms with Crippen LogP contribution in [-0.4, -0.2) is 31.0 Å². The topological polar surface area (TPSA) is 56.3 Å². The van der Waals surface area contributed by atoms with Crippen LogP contribution in [0, 0.1) is 0 Å². The Balaban J connectivity index is 1.85. The van der Waals surface area contributed by atoms with Gasteiger partial charge in [0, 0.05) is 40.5 Å².